The first-order valence-corrected chi connectivity index (χ1v) is 13.8. The Hall–Kier alpha value is -4.15. The van der Waals surface area contributed by atoms with Crippen molar-refractivity contribution in [3.8, 4) is 11.5 Å². The van der Waals surface area contributed by atoms with Crippen LogP contribution in [0.1, 0.15) is 16.7 Å². The number of amides is 3. The van der Waals surface area contributed by atoms with Gasteiger partial charge in [0.25, 0.3) is 11.8 Å². The molecule has 3 aromatic rings. The zero-order valence-electron chi connectivity index (χ0n) is 22.0. The second-order valence-electron chi connectivity index (χ2n) is 9.14. The van der Waals surface area contributed by atoms with Crippen LogP contribution < -0.4 is 19.7 Å². The SMILES string of the molecule is COc1ccc(CCN2C(=O)C(=C3C(=O)N(CC(=O)NCc4ccccc4)c4ccccc43)SC2=S)cc1OC. The largest absolute Gasteiger partial charge is 0.493 e. The molecule has 0 radical (unpaired) electrons. The van der Waals surface area contributed by atoms with Crippen molar-refractivity contribution in [2.45, 2.75) is 13.0 Å². The van der Waals surface area contributed by atoms with Crippen molar-refractivity contribution in [1.29, 1.82) is 0 Å². The molecule has 0 bridgehead atoms. The second-order valence-corrected chi connectivity index (χ2v) is 10.8. The highest BCUT2D eigenvalue weighted by Crippen LogP contribution is 2.44. The summed E-state index contributed by atoms with van der Waals surface area (Å²) in [5.41, 5.74) is 3.39. The summed E-state index contributed by atoms with van der Waals surface area (Å²) in [6.07, 6.45) is 0.535. The molecule has 1 N–H and O–H groups in total. The maximum Gasteiger partial charge on any atom is 0.267 e. The Kier molecular flexibility index (Phi) is 8.18. The van der Waals surface area contributed by atoms with Gasteiger partial charge in [-0.25, -0.2) is 0 Å². The molecule has 1 fully saturated rings. The molecule has 1 saturated heterocycles. The van der Waals surface area contributed by atoms with E-state index in [2.05, 4.69) is 5.32 Å². The average Bonchev–Trinajstić information content (AvgIpc) is 3.41. The summed E-state index contributed by atoms with van der Waals surface area (Å²) in [6, 6.07) is 22.3. The van der Waals surface area contributed by atoms with Crippen molar-refractivity contribution in [3.63, 3.8) is 0 Å². The van der Waals surface area contributed by atoms with E-state index in [0.29, 0.717) is 46.6 Å². The average molecular weight is 574 g/mol. The molecule has 3 amide bonds. The number of carbonyl (C=O) groups excluding carboxylic acids is 3. The Morgan fingerprint density at radius 3 is 2.35 bits per heavy atom. The summed E-state index contributed by atoms with van der Waals surface area (Å²) in [4.78, 5) is 43.2. The number of thioether (sulfide) groups is 1. The highest BCUT2D eigenvalue weighted by atomic mass is 32.2. The molecule has 2 aliphatic heterocycles. The Labute approximate surface area is 241 Å². The fourth-order valence-corrected chi connectivity index (χ4v) is 6.05. The molecule has 2 heterocycles. The van der Waals surface area contributed by atoms with Gasteiger partial charge in [0.15, 0.2) is 11.5 Å². The molecule has 0 saturated carbocycles. The van der Waals surface area contributed by atoms with E-state index in [0.717, 1.165) is 22.9 Å². The predicted molar refractivity (Wildman–Crippen MR) is 159 cm³/mol. The highest BCUT2D eigenvalue weighted by molar-refractivity contribution is 8.26. The lowest BCUT2D eigenvalue weighted by atomic mass is 10.1. The first kappa shape index (κ1) is 27.4. The van der Waals surface area contributed by atoms with Gasteiger partial charge in [-0.3, -0.25) is 24.2 Å². The van der Waals surface area contributed by atoms with E-state index >= 15 is 0 Å². The minimum absolute atomic E-state index is 0.161. The van der Waals surface area contributed by atoms with Crippen LogP contribution >= 0.6 is 24.0 Å². The minimum atomic E-state index is -0.392. The van der Waals surface area contributed by atoms with Crippen LogP contribution in [-0.2, 0) is 27.3 Å². The number of thiocarbonyl (C=S) groups is 1. The van der Waals surface area contributed by atoms with E-state index in [1.165, 1.54) is 9.80 Å². The first-order chi connectivity index (χ1) is 19.4. The number of nitrogens with zero attached hydrogens (tertiary/aromatic N) is 2. The Bertz CT molecular complexity index is 1520. The van der Waals surface area contributed by atoms with Gasteiger partial charge in [0.1, 0.15) is 10.9 Å². The van der Waals surface area contributed by atoms with Gasteiger partial charge in [-0.15, -0.1) is 0 Å². The van der Waals surface area contributed by atoms with E-state index < -0.39 is 5.91 Å². The summed E-state index contributed by atoms with van der Waals surface area (Å²) in [6.45, 7) is 0.541. The third kappa shape index (κ3) is 5.45. The number of nitrogens with one attached hydrogen (secondary N) is 1. The molecule has 0 aromatic heterocycles. The monoisotopic (exact) mass is 573 g/mol. The van der Waals surface area contributed by atoms with Crippen LogP contribution in [0.5, 0.6) is 11.5 Å². The number of fused-ring (bicyclic) bond motifs is 1. The van der Waals surface area contributed by atoms with Gasteiger partial charge in [0.2, 0.25) is 5.91 Å². The van der Waals surface area contributed by atoms with Crippen LogP contribution in [-0.4, -0.2) is 54.3 Å². The van der Waals surface area contributed by atoms with Crippen molar-refractivity contribution >= 4 is 57.3 Å². The fraction of sp³-hybridized carbons (Fsp3) is 0.200. The lowest BCUT2D eigenvalue weighted by Crippen LogP contribution is -2.38. The number of rotatable bonds is 9. The minimum Gasteiger partial charge on any atom is -0.493 e. The van der Waals surface area contributed by atoms with Gasteiger partial charge in [0.05, 0.1) is 30.4 Å². The maximum absolute atomic E-state index is 13.7. The van der Waals surface area contributed by atoms with Crippen molar-refractivity contribution in [2.75, 3.05) is 32.2 Å². The van der Waals surface area contributed by atoms with E-state index in [4.69, 9.17) is 21.7 Å². The smallest absolute Gasteiger partial charge is 0.267 e. The molecule has 0 atom stereocenters. The quantitative estimate of drug-likeness (QED) is 0.304. The standard InChI is InChI=1S/C30H27N3O5S2/c1-37-23-13-12-19(16-24(23)38-2)14-15-32-29(36)27(40-30(32)39)26-21-10-6-7-11-22(21)33(28(26)35)18-25(34)31-17-20-8-4-3-5-9-20/h3-13,16H,14-15,17-18H2,1-2H3,(H,31,34). The summed E-state index contributed by atoms with van der Waals surface area (Å²) in [5, 5.41) is 2.87. The Morgan fingerprint density at radius 1 is 0.875 bits per heavy atom. The van der Waals surface area contributed by atoms with Crippen LogP contribution in [0.25, 0.3) is 5.57 Å². The zero-order chi connectivity index (χ0) is 28.2. The summed E-state index contributed by atoms with van der Waals surface area (Å²) in [7, 11) is 3.15. The molecule has 10 heteroatoms. The third-order valence-electron chi connectivity index (χ3n) is 6.71. The molecule has 40 heavy (non-hydrogen) atoms. The van der Waals surface area contributed by atoms with Gasteiger partial charge in [0, 0.05) is 18.7 Å². The molecule has 2 aliphatic rings. The van der Waals surface area contributed by atoms with Crippen molar-refractivity contribution in [2.24, 2.45) is 0 Å². The van der Waals surface area contributed by atoms with Crippen LogP contribution in [0.3, 0.4) is 0 Å². The number of hydrogen-bond donors (Lipinski definition) is 1. The van der Waals surface area contributed by atoms with Gasteiger partial charge < -0.3 is 14.8 Å². The Balaban J connectivity index is 1.33. The van der Waals surface area contributed by atoms with Crippen LogP contribution in [0.2, 0.25) is 0 Å². The second kappa shape index (κ2) is 11.9. The topological polar surface area (TPSA) is 88.2 Å². The lowest BCUT2D eigenvalue weighted by Gasteiger charge is -2.17. The summed E-state index contributed by atoms with van der Waals surface area (Å²) >= 11 is 6.67. The number of ether oxygens (including phenoxy) is 2. The zero-order valence-corrected chi connectivity index (χ0v) is 23.6. The van der Waals surface area contributed by atoms with Crippen LogP contribution in [0.15, 0.2) is 77.7 Å². The number of hydrogen-bond acceptors (Lipinski definition) is 7. The molecule has 3 aromatic carbocycles. The molecular formula is C30H27N3O5S2. The van der Waals surface area contributed by atoms with Crippen molar-refractivity contribution in [3.05, 3.63) is 94.4 Å². The molecular weight excluding hydrogens is 546 g/mol. The van der Waals surface area contributed by atoms with Gasteiger partial charge in [-0.1, -0.05) is 78.6 Å². The fourth-order valence-electron chi connectivity index (χ4n) is 4.67. The van der Waals surface area contributed by atoms with E-state index in [1.54, 1.807) is 32.4 Å². The van der Waals surface area contributed by atoms with E-state index in [-0.39, 0.29) is 28.8 Å². The molecule has 204 valence electrons. The van der Waals surface area contributed by atoms with E-state index in [1.807, 2.05) is 54.6 Å². The number of anilines is 1. The third-order valence-corrected chi connectivity index (χ3v) is 8.15. The normalized spacial score (nSPS) is 16.4. The van der Waals surface area contributed by atoms with Crippen molar-refractivity contribution < 1.29 is 23.9 Å². The van der Waals surface area contributed by atoms with Crippen LogP contribution in [0.4, 0.5) is 5.69 Å². The molecule has 8 nitrogen and oxygen atoms in total. The molecule has 0 unspecified atom stereocenters. The number of para-hydroxylation sites is 1. The molecule has 0 spiro atoms. The summed E-state index contributed by atoms with van der Waals surface area (Å²) < 4.78 is 11.1. The molecule has 5 rings (SSSR count). The van der Waals surface area contributed by atoms with Crippen LogP contribution in [0, 0.1) is 0 Å². The van der Waals surface area contributed by atoms with Gasteiger partial charge in [-0.2, -0.15) is 0 Å². The van der Waals surface area contributed by atoms with Gasteiger partial charge in [-0.05, 0) is 35.7 Å². The summed E-state index contributed by atoms with van der Waals surface area (Å²) in [5.74, 6) is 0.225. The molecule has 0 aliphatic carbocycles. The van der Waals surface area contributed by atoms with E-state index in [9.17, 15) is 14.4 Å². The lowest BCUT2D eigenvalue weighted by molar-refractivity contribution is -0.122. The Morgan fingerprint density at radius 2 is 1.60 bits per heavy atom. The highest BCUT2D eigenvalue weighted by Gasteiger charge is 2.42. The first-order valence-electron chi connectivity index (χ1n) is 12.6. The number of methoxy groups -OCH3 is 2. The number of benzene rings is 3. The number of carbonyl (C=O) groups is 3. The predicted octanol–water partition coefficient (Wildman–Crippen LogP) is 4.18. The maximum atomic E-state index is 13.7. The van der Waals surface area contributed by atoms with Crippen molar-refractivity contribution in [1.82, 2.24) is 10.2 Å². The van der Waals surface area contributed by atoms with Gasteiger partial charge >= 0.3 is 0 Å².